The Labute approximate surface area is 142 Å². The number of anilines is 1. The molecular weight excluding hydrogens is 296 g/mol. The van der Waals surface area contributed by atoms with Crippen LogP contribution in [0.2, 0.25) is 0 Å². The van der Waals surface area contributed by atoms with Gasteiger partial charge in [0, 0.05) is 24.5 Å². The zero-order valence-electron chi connectivity index (χ0n) is 13.5. The van der Waals surface area contributed by atoms with Crippen molar-refractivity contribution in [3.63, 3.8) is 0 Å². The number of nitrogens with one attached hydrogen (secondary N) is 1. The molecule has 1 aromatic heterocycles. The first-order valence-electron chi connectivity index (χ1n) is 8.11. The Balaban J connectivity index is 1.51. The van der Waals surface area contributed by atoms with Gasteiger partial charge in [0.05, 0.1) is 0 Å². The van der Waals surface area contributed by atoms with Crippen LogP contribution >= 0.6 is 0 Å². The molecule has 0 saturated heterocycles. The van der Waals surface area contributed by atoms with Crippen molar-refractivity contribution in [3.05, 3.63) is 95.8 Å². The fourth-order valence-electron chi connectivity index (χ4n) is 2.57. The summed E-state index contributed by atoms with van der Waals surface area (Å²) in [5.41, 5.74) is 4.46. The quantitative estimate of drug-likeness (QED) is 0.739. The van der Waals surface area contributed by atoms with Crippen LogP contribution in [-0.4, -0.2) is 10.9 Å². The third-order valence-corrected chi connectivity index (χ3v) is 3.88. The van der Waals surface area contributed by atoms with Crippen LogP contribution in [0.3, 0.4) is 0 Å². The predicted molar refractivity (Wildman–Crippen MR) is 96.9 cm³/mol. The molecule has 2 aromatic carbocycles. The van der Waals surface area contributed by atoms with E-state index in [1.807, 2.05) is 66.7 Å². The van der Waals surface area contributed by atoms with E-state index in [2.05, 4.69) is 10.3 Å². The van der Waals surface area contributed by atoms with Crippen molar-refractivity contribution in [2.45, 2.75) is 19.3 Å². The van der Waals surface area contributed by atoms with Gasteiger partial charge >= 0.3 is 0 Å². The van der Waals surface area contributed by atoms with Crippen molar-refractivity contribution in [2.24, 2.45) is 0 Å². The average molecular weight is 316 g/mol. The topological polar surface area (TPSA) is 42.0 Å². The molecule has 0 unspecified atom stereocenters. The molecule has 24 heavy (non-hydrogen) atoms. The van der Waals surface area contributed by atoms with Gasteiger partial charge < -0.3 is 5.32 Å². The van der Waals surface area contributed by atoms with Gasteiger partial charge in [-0.25, -0.2) is 0 Å². The zero-order chi connectivity index (χ0) is 16.6. The number of carbonyl (C=O) groups excluding carboxylic acids is 1. The van der Waals surface area contributed by atoms with Crippen molar-refractivity contribution in [2.75, 3.05) is 5.32 Å². The molecule has 0 spiro atoms. The smallest absolute Gasteiger partial charge is 0.224 e. The van der Waals surface area contributed by atoms with Crippen molar-refractivity contribution in [1.29, 1.82) is 0 Å². The van der Waals surface area contributed by atoms with E-state index in [0.717, 1.165) is 18.5 Å². The monoisotopic (exact) mass is 316 g/mol. The summed E-state index contributed by atoms with van der Waals surface area (Å²) in [4.78, 5) is 16.1. The number of rotatable bonds is 6. The van der Waals surface area contributed by atoms with Crippen LogP contribution in [0.5, 0.6) is 0 Å². The molecule has 3 rings (SSSR count). The van der Waals surface area contributed by atoms with Crippen molar-refractivity contribution in [1.82, 2.24) is 4.98 Å². The maximum atomic E-state index is 12.0. The minimum Gasteiger partial charge on any atom is -0.326 e. The van der Waals surface area contributed by atoms with E-state index in [4.69, 9.17) is 0 Å². The third-order valence-electron chi connectivity index (χ3n) is 3.88. The van der Waals surface area contributed by atoms with Crippen molar-refractivity contribution >= 4 is 11.6 Å². The van der Waals surface area contributed by atoms with E-state index >= 15 is 0 Å². The highest BCUT2D eigenvalue weighted by Gasteiger charge is 2.03. The van der Waals surface area contributed by atoms with E-state index in [0.29, 0.717) is 6.42 Å². The summed E-state index contributed by atoms with van der Waals surface area (Å²) < 4.78 is 0. The summed E-state index contributed by atoms with van der Waals surface area (Å²) >= 11 is 0. The Hall–Kier alpha value is -2.94. The molecule has 0 aliphatic rings. The highest BCUT2D eigenvalue weighted by atomic mass is 16.1. The Morgan fingerprint density at radius 3 is 2.17 bits per heavy atom. The van der Waals surface area contributed by atoms with Crippen LogP contribution in [0.1, 0.15) is 23.1 Å². The van der Waals surface area contributed by atoms with Gasteiger partial charge in [-0.15, -0.1) is 0 Å². The standard InChI is InChI=1S/C21H20N2O/c24-21(11-8-17-4-2-1-3-5-17)23-20-9-6-18(7-10-20)16-19-12-14-22-15-13-19/h1-7,9-10,12-15H,8,11,16H2,(H,23,24). The third kappa shape index (κ3) is 4.78. The van der Waals surface area contributed by atoms with E-state index < -0.39 is 0 Å². The number of aromatic nitrogens is 1. The maximum absolute atomic E-state index is 12.0. The molecule has 0 bridgehead atoms. The summed E-state index contributed by atoms with van der Waals surface area (Å²) in [6.07, 6.45) is 5.72. The Kier molecular flexibility index (Phi) is 5.36. The van der Waals surface area contributed by atoms with Gasteiger partial charge in [0.25, 0.3) is 0 Å². The lowest BCUT2D eigenvalue weighted by Crippen LogP contribution is -2.12. The minimum absolute atomic E-state index is 0.0423. The molecule has 0 fully saturated rings. The van der Waals surface area contributed by atoms with Gasteiger partial charge in [0.15, 0.2) is 0 Å². The molecular formula is C21H20N2O. The lowest BCUT2D eigenvalue weighted by atomic mass is 10.1. The summed E-state index contributed by atoms with van der Waals surface area (Å²) in [6, 6.07) is 22.1. The first-order valence-corrected chi connectivity index (χ1v) is 8.11. The van der Waals surface area contributed by atoms with E-state index in [1.54, 1.807) is 12.4 Å². The number of pyridine rings is 1. The molecule has 0 atom stereocenters. The number of aryl methyl sites for hydroxylation is 1. The first-order chi connectivity index (χ1) is 11.8. The minimum atomic E-state index is 0.0423. The maximum Gasteiger partial charge on any atom is 0.224 e. The number of nitrogens with zero attached hydrogens (tertiary/aromatic N) is 1. The van der Waals surface area contributed by atoms with Gasteiger partial charge in [-0.2, -0.15) is 0 Å². The average Bonchev–Trinajstić information content (AvgIpc) is 2.63. The summed E-state index contributed by atoms with van der Waals surface area (Å²) in [5.74, 6) is 0.0423. The number of amides is 1. The van der Waals surface area contributed by atoms with Gasteiger partial charge in [-0.05, 0) is 53.8 Å². The van der Waals surface area contributed by atoms with Crippen LogP contribution < -0.4 is 5.32 Å². The highest BCUT2D eigenvalue weighted by Crippen LogP contribution is 2.14. The lowest BCUT2D eigenvalue weighted by Gasteiger charge is -2.07. The summed E-state index contributed by atoms with van der Waals surface area (Å²) in [6.45, 7) is 0. The van der Waals surface area contributed by atoms with E-state index in [1.165, 1.54) is 16.7 Å². The largest absolute Gasteiger partial charge is 0.326 e. The molecule has 0 saturated carbocycles. The van der Waals surface area contributed by atoms with Crippen LogP contribution in [0, 0.1) is 0 Å². The summed E-state index contributed by atoms with van der Waals surface area (Å²) in [5, 5.41) is 2.95. The normalized spacial score (nSPS) is 10.3. The van der Waals surface area contributed by atoms with Crippen molar-refractivity contribution < 1.29 is 4.79 Å². The first kappa shape index (κ1) is 15.9. The number of benzene rings is 2. The molecule has 1 N–H and O–H groups in total. The fourth-order valence-corrected chi connectivity index (χ4v) is 2.57. The van der Waals surface area contributed by atoms with Gasteiger partial charge in [0.2, 0.25) is 5.91 Å². The van der Waals surface area contributed by atoms with Gasteiger partial charge in [-0.3, -0.25) is 9.78 Å². The zero-order valence-corrected chi connectivity index (χ0v) is 13.5. The molecule has 3 heteroatoms. The molecule has 3 aromatic rings. The fraction of sp³-hybridized carbons (Fsp3) is 0.143. The molecule has 3 nitrogen and oxygen atoms in total. The predicted octanol–water partition coefficient (Wildman–Crippen LogP) is 4.24. The van der Waals surface area contributed by atoms with Crippen LogP contribution in [0.25, 0.3) is 0 Å². The van der Waals surface area contributed by atoms with E-state index in [-0.39, 0.29) is 5.91 Å². The molecule has 120 valence electrons. The Morgan fingerprint density at radius 2 is 1.46 bits per heavy atom. The molecule has 0 radical (unpaired) electrons. The molecule has 0 aliphatic heterocycles. The van der Waals surface area contributed by atoms with Gasteiger partial charge in [-0.1, -0.05) is 42.5 Å². The molecule has 0 aliphatic carbocycles. The van der Waals surface area contributed by atoms with Gasteiger partial charge in [0.1, 0.15) is 0 Å². The highest BCUT2D eigenvalue weighted by molar-refractivity contribution is 5.90. The molecule has 1 amide bonds. The summed E-state index contributed by atoms with van der Waals surface area (Å²) in [7, 11) is 0. The molecule has 1 heterocycles. The Bertz CT molecular complexity index is 768. The second kappa shape index (κ2) is 8.06. The number of hydrogen-bond acceptors (Lipinski definition) is 2. The number of carbonyl (C=O) groups is 1. The lowest BCUT2D eigenvalue weighted by molar-refractivity contribution is -0.116. The van der Waals surface area contributed by atoms with Crippen LogP contribution in [-0.2, 0) is 17.6 Å². The SMILES string of the molecule is O=C(CCc1ccccc1)Nc1ccc(Cc2ccncc2)cc1. The second-order valence-electron chi connectivity index (χ2n) is 5.76. The van der Waals surface area contributed by atoms with Crippen molar-refractivity contribution in [3.8, 4) is 0 Å². The number of hydrogen-bond donors (Lipinski definition) is 1. The van der Waals surface area contributed by atoms with Crippen LogP contribution in [0.15, 0.2) is 79.1 Å². The Morgan fingerprint density at radius 1 is 0.792 bits per heavy atom. The van der Waals surface area contributed by atoms with Crippen LogP contribution in [0.4, 0.5) is 5.69 Å². The second-order valence-corrected chi connectivity index (χ2v) is 5.76. The van der Waals surface area contributed by atoms with E-state index in [9.17, 15) is 4.79 Å².